The van der Waals surface area contributed by atoms with E-state index in [0.717, 1.165) is 43.6 Å². The highest BCUT2D eigenvalue weighted by atomic mass is 19.1. The van der Waals surface area contributed by atoms with Crippen LogP contribution in [0, 0.1) is 17.0 Å². The molecule has 7 heteroatoms. The molecule has 2 heterocycles. The van der Waals surface area contributed by atoms with Gasteiger partial charge in [0.15, 0.2) is 0 Å². The van der Waals surface area contributed by atoms with Crippen molar-refractivity contribution in [2.24, 2.45) is 5.41 Å². The van der Waals surface area contributed by atoms with Gasteiger partial charge in [-0.2, -0.15) is 0 Å². The molecule has 2 N–H and O–H groups in total. The Morgan fingerprint density at radius 2 is 1.55 bits per heavy atom. The average molecular weight is 430 g/mol. The number of halogens is 2. The van der Waals surface area contributed by atoms with E-state index in [2.05, 4.69) is 10.2 Å². The van der Waals surface area contributed by atoms with Crippen LogP contribution in [0.4, 0.5) is 8.78 Å². The maximum atomic E-state index is 13.4. The Kier molecular flexibility index (Phi) is 6.65. The van der Waals surface area contributed by atoms with Crippen LogP contribution in [0.2, 0.25) is 0 Å². The van der Waals surface area contributed by atoms with Crippen molar-refractivity contribution >= 4 is 5.91 Å². The number of amides is 1. The Bertz CT molecular complexity index is 835. The number of β-amino-alcohol motifs (C(OH)–C–C–N with tert-alkyl or cyclic N) is 1. The van der Waals surface area contributed by atoms with Crippen LogP contribution in [0.1, 0.15) is 36.5 Å². The Balaban J connectivity index is 1.34. The van der Waals surface area contributed by atoms with Gasteiger partial charge in [-0.3, -0.25) is 4.79 Å². The molecule has 166 valence electrons. The molecule has 0 bridgehead atoms. The second-order valence-corrected chi connectivity index (χ2v) is 8.72. The Labute approximate surface area is 181 Å². The Morgan fingerprint density at radius 3 is 2.03 bits per heavy atom. The van der Waals surface area contributed by atoms with Crippen LogP contribution in [-0.2, 0) is 9.53 Å². The van der Waals surface area contributed by atoms with Gasteiger partial charge < -0.3 is 20.1 Å². The summed E-state index contributed by atoms with van der Waals surface area (Å²) in [6, 6.07) is 12.0. The lowest BCUT2D eigenvalue weighted by atomic mass is 9.77. The molecule has 2 fully saturated rings. The van der Waals surface area contributed by atoms with Crippen molar-refractivity contribution in [1.82, 2.24) is 10.2 Å². The number of rotatable bonds is 7. The van der Waals surface area contributed by atoms with Crippen LogP contribution in [-0.4, -0.2) is 54.8 Å². The number of ether oxygens (including phenoxy) is 1. The molecule has 1 spiro atoms. The van der Waals surface area contributed by atoms with E-state index in [0.29, 0.717) is 13.0 Å². The first-order valence-corrected chi connectivity index (χ1v) is 10.7. The molecule has 1 atom stereocenters. The molecule has 2 aromatic carbocycles. The SMILES string of the molecule is O=C1CC2(CCN(CC(O)COC(c3ccc(F)cc3)c3ccc(F)cc3)CC2)CN1. The maximum Gasteiger partial charge on any atom is 0.220 e. The van der Waals surface area contributed by atoms with Gasteiger partial charge in [0.1, 0.15) is 17.7 Å². The van der Waals surface area contributed by atoms with Crippen LogP contribution >= 0.6 is 0 Å². The van der Waals surface area contributed by atoms with E-state index >= 15 is 0 Å². The number of likely N-dealkylation sites (tertiary alicyclic amines) is 1. The molecule has 2 aliphatic heterocycles. The van der Waals surface area contributed by atoms with E-state index in [4.69, 9.17) is 4.74 Å². The lowest BCUT2D eigenvalue weighted by Gasteiger charge is -2.38. The number of nitrogens with one attached hydrogen (secondary N) is 1. The molecule has 31 heavy (non-hydrogen) atoms. The first-order valence-electron chi connectivity index (χ1n) is 10.7. The third-order valence-corrected chi connectivity index (χ3v) is 6.38. The van der Waals surface area contributed by atoms with E-state index in [9.17, 15) is 18.7 Å². The molecule has 0 aromatic heterocycles. The summed E-state index contributed by atoms with van der Waals surface area (Å²) in [5.74, 6) is -0.554. The zero-order valence-corrected chi connectivity index (χ0v) is 17.4. The quantitative estimate of drug-likeness (QED) is 0.709. The van der Waals surface area contributed by atoms with Gasteiger partial charge >= 0.3 is 0 Å². The van der Waals surface area contributed by atoms with Gasteiger partial charge in [-0.05, 0) is 66.7 Å². The molecule has 2 saturated heterocycles. The predicted molar refractivity (Wildman–Crippen MR) is 112 cm³/mol. The normalized spacial score (nSPS) is 19.7. The molecular weight excluding hydrogens is 402 g/mol. The summed E-state index contributed by atoms with van der Waals surface area (Å²) in [5, 5.41) is 13.5. The van der Waals surface area contributed by atoms with Crippen molar-refractivity contribution in [3.8, 4) is 0 Å². The third-order valence-electron chi connectivity index (χ3n) is 6.38. The predicted octanol–water partition coefficient (Wildman–Crippen LogP) is 3.03. The molecule has 0 radical (unpaired) electrons. The molecule has 4 rings (SSSR count). The maximum absolute atomic E-state index is 13.4. The highest BCUT2D eigenvalue weighted by molar-refractivity contribution is 5.79. The molecule has 1 amide bonds. The number of carbonyl (C=O) groups excluding carboxylic acids is 1. The minimum atomic E-state index is -0.694. The fourth-order valence-corrected chi connectivity index (χ4v) is 4.53. The second kappa shape index (κ2) is 9.42. The van der Waals surface area contributed by atoms with Crippen LogP contribution in [0.5, 0.6) is 0 Å². The van der Waals surface area contributed by atoms with Crippen LogP contribution < -0.4 is 5.32 Å². The largest absolute Gasteiger partial charge is 0.389 e. The van der Waals surface area contributed by atoms with E-state index in [1.807, 2.05) is 0 Å². The number of nitrogens with zero attached hydrogens (tertiary/aromatic N) is 1. The highest BCUT2D eigenvalue weighted by Gasteiger charge is 2.40. The van der Waals surface area contributed by atoms with Crippen molar-refractivity contribution in [1.29, 1.82) is 0 Å². The molecule has 0 aliphatic carbocycles. The van der Waals surface area contributed by atoms with Gasteiger partial charge in [0, 0.05) is 19.5 Å². The molecule has 2 aliphatic rings. The van der Waals surface area contributed by atoms with Gasteiger partial charge in [0.2, 0.25) is 5.91 Å². The topological polar surface area (TPSA) is 61.8 Å². The summed E-state index contributed by atoms with van der Waals surface area (Å²) >= 11 is 0. The Morgan fingerprint density at radius 1 is 1.00 bits per heavy atom. The summed E-state index contributed by atoms with van der Waals surface area (Å²) in [6.45, 7) is 3.01. The molecule has 2 aromatic rings. The van der Waals surface area contributed by atoms with Crippen LogP contribution in [0.15, 0.2) is 48.5 Å². The van der Waals surface area contributed by atoms with E-state index < -0.39 is 12.2 Å². The summed E-state index contributed by atoms with van der Waals surface area (Å²) in [4.78, 5) is 13.8. The van der Waals surface area contributed by atoms with Gasteiger partial charge in [-0.15, -0.1) is 0 Å². The molecular formula is C24H28F2N2O3. The fourth-order valence-electron chi connectivity index (χ4n) is 4.53. The Hall–Kier alpha value is -2.35. The first-order chi connectivity index (χ1) is 14.9. The van der Waals surface area contributed by atoms with Crippen LogP contribution in [0.3, 0.4) is 0 Å². The van der Waals surface area contributed by atoms with Crippen molar-refractivity contribution in [2.75, 3.05) is 32.8 Å². The summed E-state index contributed by atoms with van der Waals surface area (Å²) in [5.41, 5.74) is 1.54. The first kappa shape index (κ1) is 21.9. The van der Waals surface area contributed by atoms with Gasteiger partial charge in [-0.25, -0.2) is 8.78 Å². The number of benzene rings is 2. The smallest absolute Gasteiger partial charge is 0.220 e. The zero-order chi connectivity index (χ0) is 21.8. The minimum absolute atomic E-state index is 0.0747. The number of carbonyl (C=O) groups is 1. The van der Waals surface area contributed by atoms with Crippen molar-refractivity contribution < 1.29 is 23.4 Å². The van der Waals surface area contributed by atoms with E-state index in [-0.39, 0.29) is 29.6 Å². The standard InChI is InChI=1S/C24H28F2N2O3/c25-19-5-1-17(2-6-19)23(18-3-7-20(26)8-4-18)31-15-21(29)14-28-11-9-24(10-12-28)13-22(30)27-16-24/h1-8,21,23,29H,9-16H2,(H,27,30). The minimum Gasteiger partial charge on any atom is -0.389 e. The van der Waals surface area contributed by atoms with Gasteiger partial charge in [0.05, 0.1) is 12.7 Å². The summed E-state index contributed by atoms with van der Waals surface area (Å²) in [6.07, 6.45) is 1.25. The fraction of sp³-hybridized carbons (Fsp3) is 0.458. The van der Waals surface area contributed by atoms with Crippen molar-refractivity contribution in [2.45, 2.75) is 31.5 Å². The molecule has 0 saturated carbocycles. The zero-order valence-electron chi connectivity index (χ0n) is 17.4. The van der Waals surface area contributed by atoms with Crippen molar-refractivity contribution in [3.63, 3.8) is 0 Å². The third kappa shape index (κ3) is 5.47. The average Bonchev–Trinajstić information content (AvgIpc) is 3.12. The second-order valence-electron chi connectivity index (χ2n) is 8.72. The molecule has 5 nitrogen and oxygen atoms in total. The van der Waals surface area contributed by atoms with Gasteiger partial charge in [-0.1, -0.05) is 24.3 Å². The highest BCUT2D eigenvalue weighted by Crippen LogP contribution is 2.37. The van der Waals surface area contributed by atoms with Gasteiger partial charge in [0.25, 0.3) is 0 Å². The van der Waals surface area contributed by atoms with E-state index in [1.54, 1.807) is 24.3 Å². The monoisotopic (exact) mass is 430 g/mol. The number of aliphatic hydroxyl groups excluding tert-OH is 1. The van der Waals surface area contributed by atoms with Crippen molar-refractivity contribution in [3.05, 3.63) is 71.3 Å². The lowest BCUT2D eigenvalue weighted by molar-refractivity contribution is -0.119. The number of piperidine rings is 1. The number of aliphatic hydroxyl groups is 1. The van der Waals surface area contributed by atoms with Crippen LogP contribution in [0.25, 0.3) is 0 Å². The van der Waals surface area contributed by atoms with E-state index in [1.165, 1.54) is 24.3 Å². The summed E-state index contributed by atoms with van der Waals surface area (Å²) < 4.78 is 32.7. The summed E-state index contributed by atoms with van der Waals surface area (Å²) in [7, 11) is 0. The number of hydrogen-bond acceptors (Lipinski definition) is 4. The number of hydrogen-bond donors (Lipinski definition) is 2. The lowest BCUT2D eigenvalue weighted by Crippen LogP contribution is -2.44. The molecule has 1 unspecified atom stereocenters.